The topological polar surface area (TPSA) is 68.0 Å². The third-order valence-corrected chi connectivity index (χ3v) is 5.61. The fourth-order valence-electron chi connectivity index (χ4n) is 4.00. The summed E-state index contributed by atoms with van der Waals surface area (Å²) >= 11 is 5.86. The Balaban J connectivity index is 1.76. The van der Waals surface area contributed by atoms with E-state index in [-0.39, 0.29) is 11.6 Å². The van der Waals surface area contributed by atoms with E-state index in [0.29, 0.717) is 17.0 Å². The number of aromatic nitrogens is 3. The smallest absolute Gasteiger partial charge is 0.261 e. The van der Waals surface area contributed by atoms with Crippen LogP contribution in [-0.4, -0.2) is 25.7 Å². The Morgan fingerprint density at radius 3 is 2.74 bits per heavy atom. The Bertz CT molecular complexity index is 1030. The normalized spacial score (nSPS) is 20.1. The van der Waals surface area contributed by atoms with Gasteiger partial charge in [-0.15, -0.1) is 0 Å². The molecule has 0 saturated heterocycles. The van der Waals surface area contributed by atoms with Gasteiger partial charge in [-0.1, -0.05) is 36.6 Å². The van der Waals surface area contributed by atoms with Crippen LogP contribution < -0.4 is 5.56 Å². The standard InChI is InChI=1S/C21H22ClN3O2/c1-13-8-15(9-14-6-7-19(22)23-11-14)10-16-20(13)24-12-25(21(16)27)17-4-2-3-5-18(17)26/h6-8,10-12,17-18,26H,2-5,9H2,1H3/t17-,18-/m0/s1. The molecule has 1 aliphatic carbocycles. The van der Waals surface area contributed by atoms with E-state index in [2.05, 4.69) is 16.0 Å². The van der Waals surface area contributed by atoms with E-state index in [0.717, 1.165) is 47.9 Å². The van der Waals surface area contributed by atoms with Crippen molar-refractivity contribution in [1.29, 1.82) is 0 Å². The molecule has 2 atom stereocenters. The van der Waals surface area contributed by atoms with Crippen LogP contribution in [0, 0.1) is 6.92 Å². The van der Waals surface area contributed by atoms with Crippen molar-refractivity contribution in [3.8, 4) is 0 Å². The number of hydrogen-bond acceptors (Lipinski definition) is 4. The lowest BCUT2D eigenvalue weighted by atomic mass is 9.92. The predicted octanol–water partition coefficient (Wildman–Crippen LogP) is 3.82. The Morgan fingerprint density at radius 1 is 1.19 bits per heavy atom. The first kappa shape index (κ1) is 18.1. The first-order chi connectivity index (χ1) is 13.0. The van der Waals surface area contributed by atoms with Crippen molar-refractivity contribution in [2.45, 2.75) is 51.2 Å². The van der Waals surface area contributed by atoms with Gasteiger partial charge in [0, 0.05) is 6.20 Å². The number of nitrogens with zero attached hydrogens (tertiary/aromatic N) is 3. The monoisotopic (exact) mass is 383 g/mol. The molecule has 5 nitrogen and oxygen atoms in total. The number of benzene rings is 1. The molecular weight excluding hydrogens is 362 g/mol. The number of pyridine rings is 1. The lowest BCUT2D eigenvalue weighted by Gasteiger charge is -2.29. The SMILES string of the molecule is Cc1cc(Cc2ccc(Cl)nc2)cc2c(=O)n([C@H]3CCCC[C@@H]3O)cnc12. The number of aryl methyl sites for hydroxylation is 1. The van der Waals surface area contributed by atoms with Gasteiger partial charge in [-0.2, -0.15) is 0 Å². The van der Waals surface area contributed by atoms with E-state index in [4.69, 9.17) is 11.6 Å². The zero-order valence-corrected chi connectivity index (χ0v) is 16.0. The molecule has 4 rings (SSSR count). The van der Waals surface area contributed by atoms with Crippen LogP contribution in [0.25, 0.3) is 10.9 Å². The second-order valence-electron chi connectivity index (χ2n) is 7.35. The van der Waals surface area contributed by atoms with Gasteiger partial charge in [-0.3, -0.25) is 9.36 Å². The van der Waals surface area contributed by atoms with Crippen molar-refractivity contribution in [3.05, 3.63) is 69.0 Å². The van der Waals surface area contributed by atoms with E-state index < -0.39 is 6.10 Å². The van der Waals surface area contributed by atoms with Crippen LogP contribution in [0.4, 0.5) is 0 Å². The minimum atomic E-state index is -0.486. The number of aliphatic hydroxyl groups excluding tert-OH is 1. The van der Waals surface area contributed by atoms with Gasteiger partial charge in [0.15, 0.2) is 0 Å². The van der Waals surface area contributed by atoms with E-state index >= 15 is 0 Å². The van der Waals surface area contributed by atoms with Gasteiger partial charge in [0.05, 0.1) is 29.4 Å². The molecule has 0 radical (unpaired) electrons. The molecule has 0 amide bonds. The molecule has 1 aromatic carbocycles. The van der Waals surface area contributed by atoms with Crippen molar-refractivity contribution in [2.24, 2.45) is 0 Å². The van der Waals surface area contributed by atoms with Crippen molar-refractivity contribution < 1.29 is 5.11 Å². The van der Waals surface area contributed by atoms with E-state index in [9.17, 15) is 9.90 Å². The van der Waals surface area contributed by atoms with Crippen LogP contribution in [0.3, 0.4) is 0 Å². The molecular formula is C21H22ClN3O2. The summed E-state index contributed by atoms with van der Waals surface area (Å²) in [4.78, 5) is 21.8. The summed E-state index contributed by atoms with van der Waals surface area (Å²) in [6, 6.07) is 7.49. The molecule has 140 valence electrons. The lowest BCUT2D eigenvalue weighted by molar-refractivity contribution is 0.0735. The van der Waals surface area contributed by atoms with Gasteiger partial charge in [-0.05, 0) is 55.0 Å². The summed E-state index contributed by atoms with van der Waals surface area (Å²) in [5.74, 6) is 0. The molecule has 27 heavy (non-hydrogen) atoms. The molecule has 3 aromatic rings. The number of hydrogen-bond donors (Lipinski definition) is 1. The van der Waals surface area contributed by atoms with Crippen LogP contribution >= 0.6 is 11.6 Å². The van der Waals surface area contributed by atoms with Crippen LogP contribution in [0.15, 0.2) is 41.6 Å². The first-order valence-corrected chi connectivity index (χ1v) is 9.69. The van der Waals surface area contributed by atoms with Crippen LogP contribution in [0.2, 0.25) is 5.15 Å². The van der Waals surface area contributed by atoms with Crippen molar-refractivity contribution in [3.63, 3.8) is 0 Å². The van der Waals surface area contributed by atoms with Crippen molar-refractivity contribution in [2.75, 3.05) is 0 Å². The van der Waals surface area contributed by atoms with E-state index in [1.165, 1.54) is 0 Å². The highest BCUT2D eigenvalue weighted by Gasteiger charge is 2.26. The molecule has 1 saturated carbocycles. The quantitative estimate of drug-likeness (QED) is 0.698. The third kappa shape index (κ3) is 3.62. The summed E-state index contributed by atoms with van der Waals surface area (Å²) in [6.07, 6.45) is 7.10. The number of halogens is 1. The fraction of sp³-hybridized carbons (Fsp3) is 0.381. The van der Waals surface area contributed by atoms with Gasteiger partial charge < -0.3 is 5.11 Å². The second-order valence-corrected chi connectivity index (χ2v) is 7.74. The van der Waals surface area contributed by atoms with Crippen molar-refractivity contribution >= 4 is 22.5 Å². The maximum absolute atomic E-state index is 13.2. The molecule has 0 unspecified atom stereocenters. The van der Waals surface area contributed by atoms with Crippen molar-refractivity contribution in [1.82, 2.24) is 14.5 Å². The molecule has 1 fully saturated rings. The van der Waals surface area contributed by atoms with E-state index in [1.54, 1.807) is 23.2 Å². The van der Waals surface area contributed by atoms with Gasteiger partial charge in [0.2, 0.25) is 0 Å². The lowest BCUT2D eigenvalue weighted by Crippen LogP contribution is -2.34. The largest absolute Gasteiger partial charge is 0.391 e. The Hall–Kier alpha value is -2.24. The van der Waals surface area contributed by atoms with Gasteiger partial charge in [0.25, 0.3) is 5.56 Å². The Kier molecular flexibility index (Phi) is 4.98. The van der Waals surface area contributed by atoms with Gasteiger partial charge in [0.1, 0.15) is 5.15 Å². The molecule has 1 N–H and O–H groups in total. The number of aliphatic hydroxyl groups is 1. The third-order valence-electron chi connectivity index (χ3n) is 5.38. The average molecular weight is 384 g/mol. The zero-order chi connectivity index (χ0) is 19.0. The maximum Gasteiger partial charge on any atom is 0.261 e. The first-order valence-electron chi connectivity index (χ1n) is 9.32. The van der Waals surface area contributed by atoms with Gasteiger partial charge in [-0.25, -0.2) is 9.97 Å². The summed E-state index contributed by atoms with van der Waals surface area (Å²) in [6.45, 7) is 1.97. The minimum Gasteiger partial charge on any atom is -0.391 e. The number of rotatable bonds is 3. The average Bonchev–Trinajstić information content (AvgIpc) is 2.65. The maximum atomic E-state index is 13.2. The Labute approximate surface area is 162 Å². The molecule has 0 aliphatic heterocycles. The van der Waals surface area contributed by atoms with Crippen LogP contribution in [0.5, 0.6) is 0 Å². The highest BCUT2D eigenvalue weighted by Crippen LogP contribution is 2.28. The summed E-state index contributed by atoms with van der Waals surface area (Å²) < 4.78 is 1.62. The zero-order valence-electron chi connectivity index (χ0n) is 15.2. The van der Waals surface area contributed by atoms with Crippen LogP contribution in [-0.2, 0) is 6.42 Å². The Morgan fingerprint density at radius 2 is 2.00 bits per heavy atom. The van der Waals surface area contributed by atoms with Crippen LogP contribution in [0.1, 0.15) is 48.4 Å². The highest BCUT2D eigenvalue weighted by atomic mass is 35.5. The molecule has 1 aliphatic rings. The van der Waals surface area contributed by atoms with E-state index in [1.807, 2.05) is 19.1 Å². The highest BCUT2D eigenvalue weighted by molar-refractivity contribution is 6.29. The molecule has 6 heteroatoms. The fourth-order valence-corrected chi connectivity index (χ4v) is 4.11. The summed E-state index contributed by atoms with van der Waals surface area (Å²) in [7, 11) is 0. The number of fused-ring (bicyclic) bond motifs is 1. The van der Waals surface area contributed by atoms with Gasteiger partial charge >= 0.3 is 0 Å². The second kappa shape index (κ2) is 7.41. The summed E-state index contributed by atoms with van der Waals surface area (Å²) in [5, 5.41) is 11.4. The molecule has 2 heterocycles. The molecule has 2 aromatic heterocycles. The molecule has 0 bridgehead atoms. The minimum absolute atomic E-state index is 0.0786. The predicted molar refractivity (Wildman–Crippen MR) is 106 cm³/mol. The molecule has 0 spiro atoms. The summed E-state index contributed by atoms with van der Waals surface area (Å²) in [5.41, 5.74) is 3.68.